The number of aryl methyl sites for hydroxylation is 1. The summed E-state index contributed by atoms with van der Waals surface area (Å²) in [5.41, 5.74) is 4.48. The molecule has 0 spiro atoms. The van der Waals surface area contributed by atoms with Crippen LogP contribution in [0.25, 0.3) is 11.1 Å². The fourth-order valence-corrected chi connectivity index (χ4v) is 4.38. The van der Waals surface area contributed by atoms with Crippen molar-refractivity contribution < 1.29 is 19.1 Å². The van der Waals surface area contributed by atoms with E-state index in [2.05, 4.69) is 48.6 Å². The van der Waals surface area contributed by atoms with Gasteiger partial charge in [0.05, 0.1) is 6.61 Å². The van der Waals surface area contributed by atoms with Gasteiger partial charge in [-0.15, -0.1) is 0 Å². The third-order valence-electron chi connectivity index (χ3n) is 6.32. The molecule has 2 aromatic carbocycles. The fourth-order valence-electron chi connectivity index (χ4n) is 4.38. The predicted molar refractivity (Wildman–Crippen MR) is 125 cm³/mol. The van der Waals surface area contributed by atoms with Crippen LogP contribution in [-0.4, -0.2) is 73.0 Å². The molecule has 0 radical (unpaired) electrons. The summed E-state index contributed by atoms with van der Waals surface area (Å²) in [5, 5.41) is 2.87. The molecule has 0 saturated carbocycles. The number of hydrogen-bond acceptors (Lipinski definition) is 4. The highest BCUT2D eigenvalue weighted by Crippen LogP contribution is 2.22. The van der Waals surface area contributed by atoms with Gasteiger partial charge < -0.3 is 19.9 Å². The maximum Gasteiger partial charge on any atom is 0.249 e. The summed E-state index contributed by atoms with van der Waals surface area (Å²) >= 11 is 0. The molecule has 2 aliphatic heterocycles. The maximum atomic E-state index is 12.8. The lowest BCUT2D eigenvalue weighted by atomic mass is 9.98. The van der Waals surface area contributed by atoms with E-state index >= 15 is 0 Å². The average Bonchev–Trinajstić information content (AvgIpc) is 3.23. The Morgan fingerprint density at radius 3 is 2.39 bits per heavy atom. The Kier molecular flexibility index (Phi) is 7.40. The van der Waals surface area contributed by atoms with Crippen molar-refractivity contribution in [1.82, 2.24) is 15.1 Å². The number of amides is 3. The molecule has 1 N–H and O–H groups in total. The molecule has 0 bridgehead atoms. The average molecular weight is 450 g/mol. The first-order valence-corrected chi connectivity index (χ1v) is 11.6. The lowest BCUT2D eigenvalue weighted by Crippen LogP contribution is -2.58. The molecule has 174 valence electrons. The molecule has 2 fully saturated rings. The lowest BCUT2D eigenvalue weighted by molar-refractivity contribution is -0.146. The van der Waals surface area contributed by atoms with Gasteiger partial charge in [0.25, 0.3) is 0 Å². The molecule has 1 atom stereocenters. The van der Waals surface area contributed by atoms with E-state index in [-0.39, 0.29) is 24.3 Å². The second-order valence-corrected chi connectivity index (χ2v) is 8.70. The van der Waals surface area contributed by atoms with Crippen molar-refractivity contribution in [2.24, 2.45) is 0 Å². The van der Waals surface area contributed by atoms with Gasteiger partial charge in [0.15, 0.2) is 0 Å². The molecule has 1 unspecified atom stereocenters. The van der Waals surface area contributed by atoms with Crippen molar-refractivity contribution in [2.45, 2.75) is 32.2 Å². The zero-order valence-corrected chi connectivity index (χ0v) is 19.1. The number of ether oxygens (including phenoxy) is 1. The summed E-state index contributed by atoms with van der Waals surface area (Å²) < 4.78 is 5.55. The number of carbonyl (C=O) groups excluding carboxylic acids is 3. The van der Waals surface area contributed by atoms with Crippen LogP contribution in [0, 0.1) is 6.92 Å². The van der Waals surface area contributed by atoms with Gasteiger partial charge in [-0.1, -0.05) is 54.1 Å². The molecule has 4 rings (SSSR count). The van der Waals surface area contributed by atoms with Crippen LogP contribution < -0.4 is 5.32 Å². The van der Waals surface area contributed by atoms with Crippen molar-refractivity contribution in [3.05, 3.63) is 59.7 Å². The first-order chi connectivity index (χ1) is 16.0. The third kappa shape index (κ3) is 5.79. The quantitative estimate of drug-likeness (QED) is 0.627. The van der Waals surface area contributed by atoms with Gasteiger partial charge >= 0.3 is 0 Å². The largest absolute Gasteiger partial charge is 0.370 e. The summed E-state index contributed by atoms with van der Waals surface area (Å²) in [6.45, 7) is 4.46. The molecule has 33 heavy (non-hydrogen) atoms. The molecular weight excluding hydrogens is 418 g/mol. The van der Waals surface area contributed by atoms with Crippen LogP contribution in [0.3, 0.4) is 0 Å². The van der Waals surface area contributed by atoms with Gasteiger partial charge in [0.1, 0.15) is 12.6 Å². The van der Waals surface area contributed by atoms with Gasteiger partial charge in [-0.2, -0.15) is 0 Å². The lowest BCUT2D eigenvalue weighted by Gasteiger charge is -2.35. The topological polar surface area (TPSA) is 79.0 Å². The first-order valence-electron chi connectivity index (χ1n) is 11.6. The molecule has 7 nitrogen and oxygen atoms in total. The first kappa shape index (κ1) is 23.0. The molecule has 0 aromatic heterocycles. The molecular formula is C26H31N3O4. The Balaban J connectivity index is 1.33. The van der Waals surface area contributed by atoms with Crippen molar-refractivity contribution in [2.75, 3.05) is 39.4 Å². The Morgan fingerprint density at radius 2 is 1.73 bits per heavy atom. The van der Waals surface area contributed by atoms with E-state index in [1.165, 1.54) is 5.56 Å². The summed E-state index contributed by atoms with van der Waals surface area (Å²) in [5.74, 6) is -0.190. The number of nitrogens with one attached hydrogen (secondary N) is 1. The Hall–Kier alpha value is -3.19. The highest BCUT2D eigenvalue weighted by Gasteiger charge is 2.33. The summed E-state index contributed by atoms with van der Waals surface area (Å²) in [6, 6.07) is 15.9. The number of rotatable bonds is 8. The van der Waals surface area contributed by atoms with E-state index in [0.29, 0.717) is 39.1 Å². The SMILES string of the molecule is Cc1ccc(-c2ccc(CC3C(=O)NCCN3C(=O)COCCN3CCCC3=O)cc2)cc1. The van der Waals surface area contributed by atoms with Crippen LogP contribution in [0.2, 0.25) is 0 Å². The predicted octanol–water partition coefficient (Wildman–Crippen LogP) is 2.17. The smallest absolute Gasteiger partial charge is 0.249 e. The Labute approximate surface area is 194 Å². The van der Waals surface area contributed by atoms with Gasteiger partial charge in [-0.3, -0.25) is 14.4 Å². The van der Waals surface area contributed by atoms with Crippen molar-refractivity contribution >= 4 is 17.7 Å². The van der Waals surface area contributed by atoms with Crippen molar-refractivity contribution in [1.29, 1.82) is 0 Å². The van der Waals surface area contributed by atoms with E-state index < -0.39 is 6.04 Å². The molecule has 2 aliphatic rings. The van der Waals surface area contributed by atoms with Crippen molar-refractivity contribution in [3.8, 4) is 11.1 Å². The minimum Gasteiger partial charge on any atom is -0.370 e. The van der Waals surface area contributed by atoms with Crippen LogP contribution >= 0.6 is 0 Å². The van der Waals surface area contributed by atoms with Gasteiger partial charge in [-0.25, -0.2) is 0 Å². The normalized spacial score (nSPS) is 18.5. The molecule has 3 amide bonds. The van der Waals surface area contributed by atoms with Gasteiger partial charge in [0, 0.05) is 39.0 Å². The number of benzene rings is 2. The molecule has 2 heterocycles. The van der Waals surface area contributed by atoms with Crippen LogP contribution in [0.1, 0.15) is 24.0 Å². The van der Waals surface area contributed by atoms with E-state index in [4.69, 9.17) is 4.74 Å². The highest BCUT2D eigenvalue weighted by molar-refractivity contribution is 5.89. The third-order valence-corrected chi connectivity index (χ3v) is 6.32. The molecule has 0 aliphatic carbocycles. The second-order valence-electron chi connectivity index (χ2n) is 8.70. The standard InChI is InChI=1S/C26H31N3O4/c1-19-4-8-21(9-5-19)22-10-6-20(7-11-22)17-23-26(32)27-12-14-29(23)25(31)18-33-16-15-28-13-2-3-24(28)30/h4-11,23H,2-3,12-18H2,1H3,(H,27,32). The molecule has 7 heteroatoms. The van der Waals surface area contributed by atoms with Gasteiger partial charge in [0.2, 0.25) is 17.7 Å². The summed E-state index contributed by atoms with van der Waals surface area (Å²) in [6.07, 6.45) is 1.93. The minimum absolute atomic E-state index is 0.0851. The monoisotopic (exact) mass is 449 g/mol. The van der Waals surface area contributed by atoms with E-state index in [1.54, 1.807) is 9.80 Å². The summed E-state index contributed by atoms with van der Waals surface area (Å²) in [4.78, 5) is 40.4. The van der Waals surface area contributed by atoms with Gasteiger partial charge in [-0.05, 0) is 30.0 Å². The number of piperazine rings is 1. The molecule has 2 saturated heterocycles. The van der Waals surface area contributed by atoms with E-state index in [1.807, 2.05) is 12.1 Å². The second kappa shape index (κ2) is 10.6. The number of hydrogen-bond donors (Lipinski definition) is 1. The van der Waals surface area contributed by atoms with Crippen LogP contribution in [0.5, 0.6) is 0 Å². The number of nitrogens with zero attached hydrogens (tertiary/aromatic N) is 2. The van der Waals surface area contributed by atoms with Crippen LogP contribution in [-0.2, 0) is 25.5 Å². The van der Waals surface area contributed by atoms with Crippen molar-refractivity contribution in [3.63, 3.8) is 0 Å². The van der Waals surface area contributed by atoms with E-state index in [0.717, 1.165) is 29.7 Å². The minimum atomic E-state index is -0.555. The number of carbonyl (C=O) groups is 3. The zero-order valence-electron chi connectivity index (χ0n) is 19.1. The fraction of sp³-hybridized carbons (Fsp3) is 0.423. The highest BCUT2D eigenvalue weighted by atomic mass is 16.5. The van der Waals surface area contributed by atoms with Crippen LogP contribution in [0.4, 0.5) is 0 Å². The Bertz CT molecular complexity index is 988. The zero-order chi connectivity index (χ0) is 23.2. The molecule has 2 aromatic rings. The van der Waals surface area contributed by atoms with Crippen LogP contribution in [0.15, 0.2) is 48.5 Å². The number of likely N-dealkylation sites (tertiary alicyclic amines) is 1. The van der Waals surface area contributed by atoms with E-state index in [9.17, 15) is 14.4 Å². The Morgan fingerprint density at radius 1 is 1.03 bits per heavy atom. The summed E-state index contributed by atoms with van der Waals surface area (Å²) in [7, 11) is 0. The maximum absolute atomic E-state index is 12.8.